The van der Waals surface area contributed by atoms with Crippen molar-refractivity contribution in [2.45, 2.75) is 45.8 Å². The molecule has 2 aromatic rings. The Bertz CT molecular complexity index is 882. The Morgan fingerprint density at radius 1 is 1.04 bits per heavy atom. The zero-order valence-corrected chi connectivity index (χ0v) is 15.3. The number of aliphatic imine (C=N–C) groups is 1. The molecule has 2 heterocycles. The first-order valence-corrected chi connectivity index (χ1v) is 8.47. The van der Waals surface area contributed by atoms with Crippen LogP contribution in [0.3, 0.4) is 0 Å². The predicted octanol–water partition coefficient (Wildman–Crippen LogP) is 4.83. The Hall–Kier alpha value is -2.29. The van der Waals surface area contributed by atoms with E-state index in [1.54, 1.807) is 0 Å². The molecule has 1 atom stereocenters. The maximum Gasteiger partial charge on any atom is 0.228 e. The van der Waals surface area contributed by atoms with Gasteiger partial charge >= 0.3 is 0 Å². The van der Waals surface area contributed by atoms with Crippen molar-refractivity contribution in [1.82, 2.24) is 0 Å². The van der Waals surface area contributed by atoms with Crippen LogP contribution >= 0.6 is 0 Å². The quantitative estimate of drug-likeness (QED) is 0.694. The first-order valence-electron chi connectivity index (χ1n) is 8.47. The normalized spacial score (nSPS) is 23.2. The molecule has 0 N–H and O–H groups in total. The molecule has 0 amide bonds. The minimum absolute atomic E-state index is 0.208. The molecule has 2 aromatic carbocycles. The van der Waals surface area contributed by atoms with E-state index in [4.69, 9.17) is 9.73 Å². The van der Waals surface area contributed by atoms with Gasteiger partial charge < -0.3 is 9.64 Å². The van der Waals surface area contributed by atoms with Gasteiger partial charge in [-0.3, -0.25) is 4.99 Å². The molecular weight excluding hydrogens is 296 g/mol. The van der Waals surface area contributed by atoms with E-state index in [2.05, 4.69) is 70.8 Å². The second-order valence-corrected chi connectivity index (χ2v) is 7.62. The third-order valence-corrected chi connectivity index (χ3v) is 5.87. The van der Waals surface area contributed by atoms with Crippen molar-refractivity contribution >= 4 is 17.6 Å². The summed E-state index contributed by atoms with van der Waals surface area (Å²) in [7, 11) is 2.10. The van der Waals surface area contributed by atoms with Gasteiger partial charge in [-0.25, -0.2) is 0 Å². The molecule has 0 radical (unpaired) electrons. The summed E-state index contributed by atoms with van der Waals surface area (Å²) in [6, 6.07) is 10.8. The molecule has 2 aliphatic heterocycles. The number of aryl methyl sites for hydroxylation is 2. The lowest BCUT2D eigenvalue weighted by Gasteiger charge is -2.45. The monoisotopic (exact) mass is 320 g/mol. The van der Waals surface area contributed by atoms with Crippen molar-refractivity contribution in [1.29, 1.82) is 0 Å². The molecule has 0 aliphatic carbocycles. The number of fused-ring (bicyclic) bond motifs is 2. The smallest absolute Gasteiger partial charge is 0.228 e. The topological polar surface area (TPSA) is 24.8 Å². The lowest BCUT2D eigenvalue weighted by Crippen LogP contribution is -2.61. The van der Waals surface area contributed by atoms with E-state index in [0.29, 0.717) is 0 Å². The number of benzene rings is 2. The third kappa shape index (κ3) is 1.70. The van der Waals surface area contributed by atoms with Crippen molar-refractivity contribution in [2.24, 2.45) is 4.99 Å². The average Bonchev–Trinajstić information content (AvgIpc) is 2.71. The van der Waals surface area contributed by atoms with Crippen molar-refractivity contribution in [3.63, 3.8) is 0 Å². The number of ether oxygens (including phenoxy) is 1. The average molecular weight is 320 g/mol. The molecule has 0 saturated carbocycles. The zero-order chi connectivity index (χ0) is 17.3. The fourth-order valence-electron chi connectivity index (χ4n) is 4.02. The SMILES string of the molecule is Cc1ccc2c(c1)C(C)(C)C1(C=Nc3ccc(C)c(C)c3O1)N2C. The Morgan fingerprint density at radius 2 is 1.79 bits per heavy atom. The van der Waals surface area contributed by atoms with Crippen molar-refractivity contribution in [3.05, 3.63) is 52.6 Å². The van der Waals surface area contributed by atoms with E-state index >= 15 is 0 Å². The van der Waals surface area contributed by atoms with E-state index in [1.807, 2.05) is 12.3 Å². The van der Waals surface area contributed by atoms with Gasteiger partial charge in [0.05, 0.1) is 11.6 Å². The summed E-state index contributed by atoms with van der Waals surface area (Å²) in [6.45, 7) is 10.9. The van der Waals surface area contributed by atoms with Gasteiger partial charge in [0.15, 0.2) is 5.75 Å². The summed E-state index contributed by atoms with van der Waals surface area (Å²) in [5.74, 6) is 0.905. The summed E-state index contributed by atoms with van der Waals surface area (Å²) in [4.78, 5) is 7.02. The van der Waals surface area contributed by atoms with Crippen LogP contribution in [0.2, 0.25) is 0 Å². The minimum Gasteiger partial charge on any atom is -0.459 e. The van der Waals surface area contributed by atoms with Gasteiger partial charge in [-0.05, 0) is 63.4 Å². The third-order valence-electron chi connectivity index (χ3n) is 5.87. The molecule has 1 unspecified atom stereocenters. The van der Waals surface area contributed by atoms with Gasteiger partial charge in [0.1, 0.15) is 5.69 Å². The Balaban J connectivity index is 1.93. The number of hydrogen-bond acceptors (Lipinski definition) is 3. The van der Waals surface area contributed by atoms with Crippen LogP contribution < -0.4 is 9.64 Å². The van der Waals surface area contributed by atoms with Crippen LogP contribution in [0, 0.1) is 20.8 Å². The van der Waals surface area contributed by atoms with E-state index in [0.717, 1.165) is 11.4 Å². The second-order valence-electron chi connectivity index (χ2n) is 7.62. The molecule has 0 bridgehead atoms. The molecule has 3 heteroatoms. The van der Waals surface area contributed by atoms with Crippen LogP contribution in [0.25, 0.3) is 0 Å². The summed E-state index contributed by atoms with van der Waals surface area (Å²) in [5.41, 5.74) is 6.30. The van der Waals surface area contributed by atoms with Crippen LogP contribution in [0.15, 0.2) is 35.3 Å². The summed E-state index contributed by atoms with van der Waals surface area (Å²) in [6.07, 6.45) is 1.99. The van der Waals surface area contributed by atoms with Gasteiger partial charge in [0, 0.05) is 12.7 Å². The van der Waals surface area contributed by atoms with Crippen LogP contribution in [0.4, 0.5) is 11.4 Å². The van der Waals surface area contributed by atoms with E-state index in [1.165, 1.54) is 27.9 Å². The molecule has 2 aliphatic rings. The minimum atomic E-state index is -0.602. The van der Waals surface area contributed by atoms with E-state index in [-0.39, 0.29) is 5.41 Å². The van der Waals surface area contributed by atoms with Gasteiger partial charge in [-0.15, -0.1) is 0 Å². The largest absolute Gasteiger partial charge is 0.459 e. The molecule has 4 rings (SSSR count). The molecule has 1 spiro atoms. The molecule has 0 fully saturated rings. The first-order chi connectivity index (χ1) is 11.3. The molecular formula is C21H24N2O. The van der Waals surface area contributed by atoms with Crippen LogP contribution in [-0.4, -0.2) is 19.0 Å². The molecule has 124 valence electrons. The summed E-state index contributed by atoms with van der Waals surface area (Å²) < 4.78 is 6.72. The standard InChI is InChI=1S/C21H24N2O/c1-13-7-10-18-16(11-13)20(4,5)21(23(18)6)12-22-17-9-8-14(2)15(3)19(17)24-21/h7-12H,1-6H3. The van der Waals surface area contributed by atoms with Gasteiger partial charge in [0.25, 0.3) is 0 Å². The van der Waals surface area contributed by atoms with Crippen LogP contribution in [0.1, 0.15) is 36.1 Å². The van der Waals surface area contributed by atoms with Gasteiger partial charge in [-0.1, -0.05) is 23.8 Å². The Labute approximate surface area is 144 Å². The van der Waals surface area contributed by atoms with Gasteiger partial charge in [-0.2, -0.15) is 0 Å². The van der Waals surface area contributed by atoms with E-state index < -0.39 is 5.72 Å². The van der Waals surface area contributed by atoms with Crippen LogP contribution in [-0.2, 0) is 5.41 Å². The maximum absolute atomic E-state index is 6.72. The van der Waals surface area contributed by atoms with E-state index in [9.17, 15) is 0 Å². The van der Waals surface area contributed by atoms with Crippen LogP contribution in [0.5, 0.6) is 5.75 Å². The fraction of sp³-hybridized carbons (Fsp3) is 0.381. The molecule has 0 saturated heterocycles. The lowest BCUT2D eigenvalue weighted by atomic mass is 9.77. The number of hydrogen-bond donors (Lipinski definition) is 0. The molecule has 3 nitrogen and oxygen atoms in total. The van der Waals surface area contributed by atoms with Crippen molar-refractivity contribution in [2.75, 3.05) is 11.9 Å². The summed E-state index contributed by atoms with van der Waals surface area (Å²) >= 11 is 0. The maximum atomic E-state index is 6.72. The lowest BCUT2D eigenvalue weighted by molar-refractivity contribution is 0.0816. The van der Waals surface area contributed by atoms with Crippen molar-refractivity contribution < 1.29 is 4.74 Å². The highest BCUT2D eigenvalue weighted by Gasteiger charge is 2.58. The zero-order valence-electron chi connectivity index (χ0n) is 15.3. The highest BCUT2D eigenvalue weighted by atomic mass is 16.5. The summed E-state index contributed by atoms with van der Waals surface area (Å²) in [5, 5.41) is 0. The molecule has 24 heavy (non-hydrogen) atoms. The Morgan fingerprint density at radius 3 is 2.54 bits per heavy atom. The Kier molecular flexibility index (Phi) is 2.94. The first kappa shape index (κ1) is 15.3. The predicted molar refractivity (Wildman–Crippen MR) is 100 cm³/mol. The van der Waals surface area contributed by atoms with Crippen molar-refractivity contribution in [3.8, 4) is 5.75 Å². The number of likely N-dealkylation sites (N-methyl/N-ethyl adjacent to an activating group) is 1. The fourth-order valence-corrected chi connectivity index (χ4v) is 4.02. The number of nitrogens with zero attached hydrogens (tertiary/aromatic N) is 2. The molecule has 0 aromatic heterocycles. The highest BCUT2D eigenvalue weighted by molar-refractivity contribution is 5.88. The number of anilines is 1. The number of rotatable bonds is 0. The van der Waals surface area contributed by atoms with Gasteiger partial charge in [0.2, 0.25) is 5.72 Å². The highest BCUT2D eigenvalue weighted by Crippen LogP contribution is 2.54. The second kappa shape index (κ2) is 4.62.